The summed E-state index contributed by atoms with van der Waals surface area (Å²) in [6, 6.07) is 10.5. The van der Waals surface area contributed by atoms with E-state index in [4.69, 9.17) is 27.9 Å². The van der Waals surface area contributed by atoms with E-state index in [-0.39, 0.29) is 5.02 Å². The number of benzene rings is 2. The standard InChI is InChI=1S/C15H11Cl2FO/c16-12-3-1-11(8-13(12)18)15(17)10-2-4-14-9(7-10)5-6-19-14/h1-4,7-8,15H,5-6H2. The minimum Gasteiger partial charge on any atom is -0.493 e. The second-order valence-corrected chi connectivity index (χ2v) is 5.35. The molecule has 1 atom stereocenters. The first-order valence-corrected chi connectivity index (χ1v) is 6.81. The number of hydrogen-bond acceptors (Lipinski definition) is 1. The van der Waals surface area contributed by atoms with Crippen LogP contribution < -0.4 is 4.74 Å². The van der Waals surface area contributed by atoms with Crippen molar-refractivity contribution in [1.29, 1.82) is 0 Å². The molecule has 0 spiro atoms. The second-order valence-electron chi connectivity index (χ2n) is 4.50. The van der Waals surface area contributed by atoms with Crippen LogP contribution in [0.15, 0.2) is 36.4 Å². The molecule has 98 valence electrons. The van der Waals surface area contributed by atoms with Crippen molar-refractivity contribution in [3.63, 3.8) is 0 Å². The monoisotopic (exact) mass is 296 g/mol. The van der Waals surface area contributed by atoms with Gasteiger partial charge in [0.15, 0.2) is 0 Å². The summed E-state index contributed by atoms with van der Waals surface area (Å²) in [5.74, 6) is 0.462. The van der Waals surface area contributed by atoms with E-state index in [1.54, 1.807) is 6.07 Å². The van der Waals surface area contributed by atoms with E-state index in [0.717, 1.165) is 23.3 Å². The molecule has 19 heavy (non-hydrogen) atoms. The molecule has 0 fully saturated rings. The zero-order valence-electron chi connectivity index (χ0n) is 10.00. The zero-order chi connectivity index (χ0) is 13.4. The third-order valence-corrected chi connectivity index (χ3v) is 4.05. The van der Waals surface area contributed by atoms with E-state index >= 15 is 0 Å². The van der Waals surface area contributed by atoms with Crippen molar-refractivity contribution < 1.29 is 9.13 Å². The molecular weight excluding hydrogens is 286 g/mol. The van der Waals surface area contributed by atoms with E-state index in [0.29, 0.717) is 12.2 Å². The van der Waals surface area contributed by atoms with Gasteiger partial charge in [-0.15, -0.1) is 11.6 Å². The van der Waals surface area contributed by atoms with Gasteiger partial charge in [0.05, 0.1) is 17.0 Å². The maximum Gasteiger partial charge on any atom is 0.142 e. The van der Waals surface area contributed by atoms with Gasteiger partial charge in [0.1, 0.15) is 11.6 Å². The molecule has 0 amide bonds. The molecule has 1 aliphatic rings. The molecule has 0 aliphatic carbocycles. The summed E-state index contributed by atoms with van der Waals surface area (Å²) in [7, 11) is 0. The molecule has 0 radical (unpaired) electrons. The molecule has 1 heterocycles. The van der Waals surface area contributed by atoms with E-state index in [9.17, 15) is 4.39 Å². The molecule has 2 aromatic rings. The number of rotatable bonds is 2. The van der Waals surface area contributed by atoms with E-state index < -0.39 is 11.2 Å². The maximum absolute atomic E-state index is 13.5. The lowest BCUT2D eigenvalue weighted by Crippen LogP contribution is -1.95. The Balaban J connectivity index is 1.94. The molecule has 0 N–H and O–H groups in total. The van der Waals surface area contributed by atoms with Crippen molar-refractivity contribution in [3.05, 3.63) is 63.9 Å². The summed E-state index contributed by atoms with van der Waals surface area (Å²) in [6.07, 6.45) is 0.891. The number of hydrogen-bond donors (Lipinski definition) is 0. The van der Waals surface area contributed by atoms with Gasteiger partial charge in [-0.2, -0.15) is 0 Å². The van der Waals surface area contributed by atoms with Crippen LogP contribution in [0, 0.1) is 5.82 Å². The van der Waals surface area contributed by atoms with Crippen molar-refractivity contribution in [1.82, 2.24) is 0 Å². The third kappa shape index (κ3) is 2.43. The van der Waals surface area contributed by atoms with Gasteiger partial charge in [-0.25, -0.2) is 4.39 Å². The number of fused-ring (bicyclic) bond motifs is 1. The van der Waals surface area contributed by atoms with Crippen molar-refractivity contribution in [2.75, 3.05) is 6.61 Å². The average Bonchev–Trinajstić information content (AvgIpc) is 2.88. The highest BCUT2D eigenvalue weighted by atomic mass is 35.5. The molecule has 1 unspecified atom stereocenters. The van der Waals surface area contributed by atoms with Gasteiger partial charge < -0.3 is 4.74 Å². The second kappa shape index (κ2) is 5.03. The zero-order valence-corrected chi connectivity index (χ0v) is 11.5. The first kappa shape index (κ1) is 12.8. The topological polar surface area (TPSA) is 9.23 Å². The Bertz CT molecular complexity index is 628. The van der Waals surface area contributed by atoms with Gasteiger partial charge in [-0.3, -0.25) is 0 Å². The molecule has 0 bridgehead atoms. The van der Waals surface area contributed by atoms with E-state index in [1.165, 1.54) is 12.1 Å². The van der Waals surface area contributed by atoms with Crippen LogP contribution >= 0.6 is 23.2 Å². The van der Waals surface area contributed by atoms with Gasteiger partial charge in [-0.1, -0.05) is 29.8 Å². The van der Waals surface area contributed by atoms with Crippen LogP contribution in [0.25, 0.3) is 0 Å². The molecule has 4 heteroatoms. The summed E-state index contributed by atoms with van der Waals surface area (Å²) < 4.78 is 18.9. The normalized spacial score (nSPS) is 14.9. The summed E-state index contributed by atoms with van der Waals surface area (Å²) in [4.78, 5) is 0. The van der Waals surface area contributed by atoms with E-state index in [2.05, 4.69) is 0 Å². The SMILES string of the molecule is Fc1cc(C(Cl)c2ccc3c(c2)CCO3)ccc1Cl. The minimum atomic E-state index is -0.450. The van der Waals surface area contributed by atoms with Gasteiger partial charge >= 0.3 is 0 Å². The smallest absolute Gasteiger partial charge is 0.142 e. The summed E-state index contributed by atoms with van der Waals surface area (Å²) in [6.45, 7) is 0.710. The van der Waals surface area contributed by atoms with Crippen LogP contribution in [0.2, 0.25) is 5.02 Å². The van der Waals surface area contributed by atoms with Crippen molar-refractivity contribution in [3.8, 4) is 5.75 Å². The first-order chi connectivity index (χ1) is 9.15. The predicted molar refractivity (Wildman–Crippen MR) is 74.7 cm³/mol. The maximum atomic E-state index is 13.5. The summed E-state index contributed by atoms with van der Waals surface area (Å²) in [5.41, 5.74) is 2.78. The fourth-order valence-corrected chi connectivity index (χ4v) is 2.62. The van der Waals surface area contributed by atoms with Crippen LogP contribution in [0.4, 0.5) is 4.39 Å². The molecule has 0 saturated carbocycles. The van der Waals surface area contributed by atoms with Crippen LogP contribution in [-0.4, -0.2) is 6.61 Å². The lowest BCUT2D eigenvalue weighted by atomic mass is 10.0. The summed E-state index contributed by atoms with van der Waals surface area (Å²) >= 11 is 12.1. The number of alkyl halides is 1. The van der Waals surface area contributed by atoms with Gasteiger partial charge in [0.25, 0.3) is 0 Å². The lowest BCUT2D eigenvalue weighted by molar-refractivity contribution is 0.357. The van der Waals surface area contributed by atoms with Crippen LogP contribution in [-0.2, 0) is 6.42 Å². The molecular formula is C15H11Cl2FO. The highest BCUT2D eigenvalue weighted by Gasteiger charge is 2.17. The molecule has 1 aliphatic heterocycles. The molecule has 0 saturated heterocycles. The third-order valence-electron chi connectivity index (χ3n) is 3.24. The Morgan fingerprint density at radius 2 is 1.84 bits per heavy atom. The van der Waals surface area contributed by atoms with Gasteiger partial charge in [0, 0.05) is 6.42 Å². The lowest BCUT2D eigenvalue weighted by Gasteiger charge is -2.12. The quantitative estimate of drug-likeness (QED) is 0.727. The highest BCUT2D eigenvalue weighted by Crippen LogP contribution is 2.34. The Labute approximate surface area is 120 Å². The van der Waals surface area contributed by atoms with Crippen molar-refractivity contribution in [2.45, 2.75) is 11.8 Å². The van der Waals surface area contributed by atoms with Crippen LogP contribution in [0.5, 0.6) is 5.75 Å². The Kier molecular flexibility index (Phi) is 3.38. The minimum absolute atomic E-state index is 0.106. The average molecular weight is 297 g/mol. The fourth-order valence-electron chi connectivity index (χ4n) is 2.23. The van der Waals surface area contributed by atoms with Crippen molar-refractivity contribution >= 4 is 23.2 Å². The van der Waals surface area contributed by atoms with Crippen LogP contribution in [0.1, 0.15) is 22.1 Å². The predicted octanol–water partition coefficient (Wildman–Crippen LogP) is 4.74. The first-order valence-electron chi connectivity index (χ1n) is 6.00. The Morgan fingerprint density at radius 3 is 2.63 bits per heavy atom. The van der Waals surface area contributed by atoms with Crippen LogP contribution in [0.3, 0.4) is 0 Å². The summed E-state index contributed by atoms with van der Waals surface area (Å²) in [5, 5.41) is -0.285. The molecule has 1 nitrogen and oxygen atoms in total. The van der Waals surface area contributed by atoms with Crippen molar-refractivity contribution in [2.24, 2.45) is 0 Å². The Hall–Kier alpha value is -1.25. The largest absolute Gasteiger partial charge is 0.493 e. The molecule has 3 rings (SSSR count). The number of ether oxygens (including phenoxy) is 1. The number of halogens is 3. The highest BCUT2D eigenvalue weighted by molar-refractivity contribution is 6.30. The molecule has 0 aromatic heterocycles. The van der Waals surface area contributed by atoms with Gasteiger partial charge in [0.2, 0.25) is 0 Å². The molecule has 2 aromatic carbocycles. The van der Waals surface area contributed by atoms with Gasteiger partial charge in [-0.05, 0) is 34.9 Å². The Morgan fingerprint density at radius 1 is 1.11 bits per heavy atom. The fraction of sp³-hybridized carbons (Fsp3) is 0.200. The van der Waals surface area contributed by atoms with E-state index in [1.807, 2.05) is 18.2 Å².